The largest absolute Gasteiger partial charge is 0.488 e. The van der Waals surface area contributed by atoms with E-state index in [1.165, 1.54) is 11.1 Å². The van der Waals surface area contributed by atoms with Crippen LogP contribution in [0.15, 0.2) is 36.4 Å². The standard InChI is InChI=1S/C18H20O2/c1-12-5-6-18(17(10-12)15(4)19)20-11-16-8-13(2)7-14(3)9-16/h5-10H,11H2,1-4H3. The molecule has 2 heteroatoms. The van der Waals surface area contributed by atoms with E-state index in [1.807, 2.05) is 25.1 Å². The number of hydrogen-bond donors (Lipinski definition) is 0. The van der Waals surface area contributed by atoms with Gasteiger partial charge < -0.3 is 4.74 Å². The van der Waals surface area contributed by atoms with Crippen LogP contribution in [0.5, 0.6) is 5.75 Å². The first-order chi connectivity index (χ1) is 9.45. The predicted octanol–water partition coefficient (Wildman–Crippen LogP) is 4.39. The van der Waals surface area contributed by atoms with E-state index in [4.69, 9.17) is 4.74 Å². The van der Waals surface area contributed by atoms with Gasteiger partial charge in [0.15, 0.2) is 5.78 Å². The molecule has 20 heavy (non-hydrogen) atoms. The lowest BCUT2D eigenvalue weighted by molar-refractivity contribution is 0.101. The van der Waals surface area contributed by atoms with Crippen LogP contribution >= 0.6 is 0 Å². The monoisotopic (exact) mass is 268 g/mol. The van der Waals surface area contributed by atoms with Gasteiger partial charge in [-0.3, -0.25) is 4.79 Å². The molecule has 0 aliphatic rings. The fourth-order valence-electron chi connectivity index (χ4n) is 2.36. The molecular weight excluding hydrogens is 248 g/mol. The smallest absolute Gasteiger partial charge is 0.163 e. The fraction of sp³-hybridized carbons (Fsp3) is 0.278. The van der Waals surface area contributed by atoms with Crippen LogP contribution < -0.4 is 4.74 Å². The van der Waals surface area contributed by atoms with Gasteiger partial charge in [-0.1, -0.05) is 41.0 Å². The topological polar surface area (TPSA) is 26.3 Å². The van der Waals surface area contributed by atoms with E-state index in [2.05, 4.69) is 32.0 Å². The maximum Gasteiger partial charge on any atom is 0.163 e. The van der Waals surface area contributed by atoms with Gasteiger partial charge in [-0.25, -0.2) is 0 Å². The summed E-state index contributed by atoms with van der Waals surface area (Å²) in [6.07, 6.45) is 0. The van der Waals surface area contributed by atoms with Crippen LogP contribution in [-0.4, -0.2) is 5.78 Å². The summed E-state index contributed by atoms with van der Waals surface area (Å²) in [4.78, 5) is 11.7. The lowest BCUT2D eigenvalue weighted by Crippen LogP contribution is -2.02. The molecule has 0 heterocycles. The minimum atomic E-state index is 0.0316. The van der Waals surface area contributed by atoms with E-state index >= 15 is 0 Å². The number of hydrogen-bond acceptors (Lipinski definition) is 2. The maximum absolute atomic E-state index is 11.7. The summed E-state index contributed by atoms with van der Waals surface area (Å²) in [6.45, 7) is 8.16. The van der Waals surface area contributed by atoms with Gasteiger partial charge in [0.25, 0.3) is 0 Å². The van der Waals surface area contributed by atoms with Crippen molar-refractivity contribution in [3.8, 4) is 5.75 Å². The Morgan fingerprint density at radius 1 is 0.950 bits per heavy atom. The number of rotatable bonds is 4. The summed E-state index contributed by atoms with van der Waals surface area (Å²) in [5.41, 5.74) is 5.28. The molecule has 2 rings (SSSR count). The number of benzene rings is 2. The molecule has 0 saturated carbocycles. The predicted molar refractivity (Wildman–Crippen MR) is 81.4 cm³/mol. The number of aryl methyl sites for hydroxylation is 3. The molecule has 0 spiro atoms. The number of Topliss-reactive ketones (excluding diaryl/α,β-unsaturated/α-hetero) is 1. The SMILES string of the molecule is CC(=O)c1cc(C)ccc1OCc1cc(C)cc(C)c1. The van der Waals surface area contributed by atoms with E-state index in [9.17, 15) is 4.79 Å². The summed E-state index contributed by atoms with van der Waals surface area (Å²) in [7, 11) is 0. The van der Waals surface area contributed by atoms with E-state index in [0.29, 0.717) is 17.9 Å². The molecule has 0 N–H and O–H groups in total. The van der Waals surface area contributed by atoms with Gasteiger partial charge in [0.2, 0.25) is 0 Å². The van der Waals surface area contributed by atoms with Crippen molar-refractivity contribution in [3.63, 3.8) is 0 Å². The van der Waals surface area contributed by atoms with Crippen molar-refractivity contribution in [3.05, 3.63) is 64.2 Å². The maximum atomic E-state index is 11.7. The summed E-state index contributed by atoms with van der Waals surface area (Å²) >= 11 is 0. The first kappa shape index (κ1) is 14.3. The quantitative estimate of drug-likeness (QED) is 0.768. The Kier molecular flexibility index (Phi) is 4.23. The average Bonchev–Trinajstić information content (AvgIpc) is 2.36. The van der Waals surface area contributed by atoms with Gasteiger partial charge in [0, 0.05) is 0 Å². The third-order valence-electron chi connectivity index (χ3n) is 3.19. The molecular formula is C18H20O2. The highest BCUT2D eigenvalue weighted by atomic mass is 16.5. The van der Waals surface area contributed by atoms with Crippen LogP contribution in [-0.2, 0) is 6.61 Å². The second-order valence-corrected chi connectivity index (χ2v) is 5.34. The molecule has 2 nitrogen and oxygen atoms in total. The van der Waals surface area contributed by atoms with E-state index in [0.717, 1.165) is 11.1 Å². The number of ether oxygens (including phenoxy) is 1. The second kappa shape index (κ2) is 5.91. The van der Waals surface area contributed by atoms with Crippen molar-refractivity contribution in [2.24, 2.45) is 0 Å². The Hall–Kier alpha value is -2.09. The fourth-order valence-corrected chi connectivity index (χ4v) is 2.36. The zero-order valence-corrected chi connectivity index (χ0v) is 12.5. The summed E-state index contributed by atoms with van der Waals surface area (Å²) < 4.78 is 5.83. The molecule has 0 fully saturated rings. The van der Waals surface area contributed by atoms with Crippen LogP contribution in [0.4, 0.5) is 0 Å². The summed E-state index contributed by atoms with van der Waals surface area (Å²) in [6, 6.07) is 12.1. The van der Waals surface area contributed by atoms with Crippen LogP contribution in [0.25, 0.3) is 0 Å². The molecule has 0 bridgehead atoms. The van der Waals surface area contributed by atoms with Gasteiger partial charge in [0.05, 0.1) is 5.56 Å². The Bertz CT molecular complexity index is 622. The first-order valence-corrected chi connectivity index (χ1v) is 6.77. The molecule has 0 unspecified atom stereocenters. The van der Waals surface area contributed by atoms with Crippen LogP contribution in [0, 0.1) is 20.8 Å². The zero-order chi connectivity index (χ0) is 14.7. The van der Waals surface area contributed by atoms with Gasteiger partial charge in [-0.05, 0) is 45.4 Å². The highest BCUT2D eigenvalue weighted by Crippen LogP contribution is 2.22. The number of carbonyl (C=O) groups is 1. The van der Waals surface area contributed by atoms with Gasteiger partial charge in [0.1, 0.15) is 12.4 Å². The van der Waals surface area contributed by atoms with Crippen molar-refractivity contribution < 1.29 is 9.53 Å². The number of ketones is 1. The Morgan fingerprint density at radius 2 is 1.60 bits per heavy atom. The Balaban J connectivity index is 2.20. The lowest BCUT2D eigenvalue weighted by Gasteiger charge is -2.11. The molecule has 0 aliphatic carbocycles. The minimum absolute atomic E-state index is 0.0316. The van der Waals surface area contributed by atoms with Crippen molar-refractivity contribution in [1.82, 2.24) is 0 Å². The molecule has 0 aromatic heterocycles. The molecule has 104 valence electrons. The molecule has 0 atom stereocenters. The van der Waals surface area contributed by atoms with Crippen LogP contribution in [0.3, 0.4) is 0 Å². The van der Waals surface area contributed by atoms with Crippen LogP contribution in [0.2, 0.25) is 0 Å². The Morgan fingerprint density at radius 3 is 2.20 bits per heavy atom. The van der Waals surface area contributed by atoms with Crippen molar-refractivity contribution in [2.75, 3.05) is 0 Å². The van der Waals surface area contributed by atoms with Crippen molar-refractivity contribution in [1.29, 1.82) is 0 Å². The summed E-state index contributed by atoms with van der Waals surface area (Å²) in [5, 5.41) is 0. The molecule has 0 saturated heterocycles. The second-order valence-electron chi connectivity index (χ2n) is 5.34. The third kappa shape index (κ3) is 3.47. The highest BCUT2D eigenvalue weighted by molar-refractivity contribution is 5.97. The van der Waals surface area contributed by atoms with E-state index < -0.39 is 0 Å². The molecule has 2 aromatic carbocycles. The third-order valence-corrected chi connectivity index (χ3v) is 3.19. The lowest BCUT2D eigenvalue weighted by atomic mass is 10.1. The van der Waals surface area contributed by atoms with Gasteiger partial charge >= 0.3 is 0 Å². The van der Waals surface area contributed by atoms with Crippen LogP contribution in [0.1, 0.15) is 39.5 Å². The van der Waals surface area contributed by atoms with Gasteiger partial charge in [-0.2, -0.15) is 0 Å². The van der Waals surface area contributed by atoms with Gasteiger partial charge in [-0.15, -0.1) is 0 Å². The average molecular weight is 268 g/mol. The highest BCUT2D eigenvalue weighted by Gasteiger charge is 2.09. The molecule has 2 aromatic rings. The summed E-state index contributed by atoms with van der Waals surface area (Å²) in [5.74, 6) is 0.686. The molecule has 0 amide bonds. The first-order valence-electron chi connectivity index (χ1n) is 6.77. The van der Waals surface area contributed by atoms with Crippen molar-refractivity contribution >= 4 is 5.78 Å². The van der Waals surface area contributed by atoms with E-state index in [-0.39, 0.29) is 5.78 Å². The Labute approximate surface area is 120 Å². The molecule has 0 radical (unpaired) electrons. The normalized spacial score (nSPS) is 10.4. The number of carbonyl (C=O) groups excluding carboxylic acids is 1. The van der Waals surface area contributed by atoms with Crippen molar-refractivity contribution in [2.45, 2.75) is 34.3 Å². The van der Waals surface area contributed by atoms with E-state index in [1.54, 1.807) is 6.92 Å². The zero-order valence-electron chi connectivity index (χ0n) is 12.5. The molecule has 0 aliphatic heterocycles. The minimum Gasteiger partial charge on any atom is -0.488 e.